The van der Waals surface area contributed by atoms with Crippen molar-refractivity contribution in [3.05, 3.63) is 23.8 Å². The third kappa shape index (κ3) is 3.17. The molecule has 1 aliphatic heterocycles. The zero-order chi connectivity index (χ0) is 15.5. The predicted octanol–water partition coefficient (Wildman–Crippen LogP) is 0.503. The van der Waals surface area contributed by atoms with Crippen LogP contribution in [0.3, 0.4) is 0 Å². The summed E-state index contributed by atoms with van der Waals surface area (Å²) in [5.74, 6) is -0.412. The Morgan fingerprint density at radius 3 is 2.48 bits per heavy atom. The fraction of sp³-hybridized carbons (Fsp3) is 0.462. The number of sulfonamides is 1. The number of nitrogens with zero attached hydrogens (tertiary/aromatic N) is 1. The molecule has 116 valence electrons. The molecule has 0 aliphatic carbocycles. The summed E-state index contributed by atoms with van der Waals surface area (Å²) in [6.07, 6.45) is 0. The van der Waals surface area contributed by atoms with Crippen molar-refractivity contribution in [3.63, 3.8) is 0 Å². The molecule has 8 heteroatoms. The summed E-state index contributed by atoms with van der Waals surface area (Å²) in [7, 11) is -1.13. The van der Waals surface area contributed by atoms with E-state index in [4.69, 9.17) is 9.47 Å². The summed E-state index contributed by atoms with van der Waals surface area (Å²) in [5, 5.41) is 0. The first-order valence-corrected chi connectivity index (χ1v) is 7.79. The summed E-state index contributed by atoms with van der Waals surface area (Å²) in [4.78, 5) is 11.5. The van der Waals surface area contributed by atoms with E-state index in [-0.39, 0.29) is 29.3 Å². The molecular weight excluding hydrogens is 298 g/mol. The number of hydrogen-bond donors (Lipinski definition) is 0. The van der Waals surface area contributed by atoms with E-state index in [1.807, 2.05) is 0 Å². The Bertz CT molecular complexity index is 622. The molecular formula is C13H17NO6S. The van der Waals surface area contributed by atoms with Gasteiger partial charge in [-0.15, -0.1) is 0 Å². The minimum Gasteiger partial charge on any atom is -0.495 e. The van der Waals surface area contributed by atoms with Gasteiger partial charge in [-0.3, -0.25) is 0 Å². The van der Waals surface area contributed by atoms with E-state index in [9.17, 15) is 13.2 Å². The van der Waals surface area contributed by atoms with Crippen molar-refractivity contribution >= 4 is 16.0 Å². The molecule has 1 saturated heterocycles. The molecule has 21 heavy (non-hydrogen) atoms. The highest BCUT2D eigenvalue weighted by atomic mass is 32.2. The van der Waals surface area contributed by atoms with Crippen LogP contribution in [0.1, 0.15) is 10.4 Å². The molecule has 1 aliphatic rings. The van der Waals surface area contributed by atoms with Crippen LogP contribution in [0.4, 0.5) is 0 Å². The Morgan fingerprint density at radius 2 is 1.90 bits per heavy atom. The molecule has 0 radical (unpaired) electrons. The van der Waals surface area contributed by atoms with E-state index in [1.165, 1.54) is 36.7 Å². The maximum absolute atomic E-state index is 12.7. The van der Waals surface area contributed by atoms with Crippen molar-refractivity contribution < 1.29 is 27.4 Å². The molecule has 1 fully saturated rings. The highest BCUT2D eigenvalue weighted by Crippen LogP contribution is 2.28. The number of morpholine rings is 1. The Kier molecular flexibility index (Phi) is 4.81. The lowest BCUT2D eigenvalue weighted by molar-refractivity contribution is 0.0600. The standard InChI is InChI=1S/C13H17NO6S/c1-18-11-4-3-10(13(15)19-2)9-12(11)21(16,17)14-5-7-20-8-6-14/h3-4,9H,5-8H2,1-2H3. The molecule has 0 N–H and O–H groups in total. The lowest BCUT2D eigenvalue weighted by Crippen LogP contribution is -2.40. The van der Waals surface area contributed by atoms with Crippen LogP contribution in [-0.2, 0) is 19.5 Å². The quantitative estimate of drug-likeness (QED) is 0.753. The zero-order valence-corrected chi connectivity index (χ0v) is 12.7. The SMILES string of the molecule is COC(=O)c1ccc(OC)c(S(=O)(=O)N2CCOCC2)c1. The van der Waals surface area contributed by atoms with E-state index < -0.39 is 16.0 Å². The molecule has 0 bridgehead atoms. The van der Waals surface area contributed by atoms with Crippen LogP contribution in [0.5, 0.6) is 5.75 Å². The molecule has 1 heterocycles. The minimum atomic E-state index is -3.75. The number of esters is 1. The van der Waals surface area contributed by atoms with Gasteiger partial charge in [0.05, 0.1) is 33.0 Å². The third-order valence-corrected chi connectivity index (χ3v) is 5.09. The third-order valence-electron chi connectivity index (χ3n) is 3.17. The van der Waals surface area contributed by atoms with Crippen molar-refractivity contribution in [1.82, 2.24) is 4.31 Å². The number of carbonyl (C=O) groups is 1. The first-order chi connectivity index (χ1) is 10.0. The number of rotatable bonds is 4. The van der Waals surface area contributed by atoms with Gasteiger partial charge in [-0.25, -0.2) is 13.2 Å². The van der Waals surface area contributed by atoms with E-state index in [1.54, 1.807) is 0 Å². The summed E-state index contributed by atoms with van der Waals surface area (Å²) in [5.41, 5.74) is 0.158. The Balaban J connectivity index is 2.46. The largest absolute Gasteiger partial charge is 0.495 e. The van der Waals surface area contributed by atoms with Gasteiger partial charge in [0, 0.05) is 13.1 Å². The average Bonchev–Trinajstić information content (AvgIpc) is 2.54. The topological polar surface area (TPSA) is 82.1 Å². The molecule has 0 atom stereocenters. The van der Waals surface area contributed by atoms with E-state index in [0.29, 0.717) is 13.2 Å². The van der Waals surface area contributed by atoms with Crippen LogP contribution in [0, 0.1) is 0 Å². The van der Waals surface area contributed by atoms with Gasteiger partial charge in [-0.1, -0.05) is 0 Å². The van der Waals surface area contributed by atoms with Crippen molar-refractivity contribution in [2.45, 2.75) is 4.90 Å². The molecule has 0 saturated carbocycles. The molecule has 0 amide bonds. The summed E-state index contributed by atoms with van der Waals surface area (Å²) >= 11 is 0. The molecule has 0 unspecified atom stereocenters. The normalized spacial score (nSPS) is 16.5. The highest BCUT2D eigenvalue weighted by molar-refractivity contribution is 7.89. The second kappa shape index (κ2) is 6.42. The van der Waals surface area contributed by atoms with Gasteiger partial charge in [0.1, 0.15) is 10.6 Å². The second-order valence-corrected chi connectivity index (χ2v) is 6.28. The monoisotopic (exact) mass is 315 g/mol. The van der Waals surface area contributed by atoms with E-state index in [2.05, 4.69) is 4.74 Å². The number of benzene rings is 1. The van der Waals surface area contributed by atoms with Crippen LogP contribution < -0.4 is 4.74 Å². The van der Waals surface area contributed by atoms with Gasteiger partial charge in [-0.2, -0.15) is 4.31 Å². The van der Waals surface area contributed by atoms with Crippen molar-refractivity contribution in [2.75, 3.05) is 40.5 Å². The van der Waals surface area contributed by atoms with Gasteiger partial charge < -0.3 is 14.2 Å². The molecule has 0 spiro atoms. The van der Waals surface area contributed by atoms with E-state index in [0.717, 1.165) is 0 Å². The van der Waals surface area contributed by atoms with Gasteiger partial charge in [0.15, 0.2) is 0 Å². The minimum absolute atomic E-state index is 0.0465. The zero-order valence-electron chi connectivity index (χ0n) is 11.9. The van der Waals surface area contributed by atoms with Crippen LogP contribution in [0.25, 0.3) is 0 Å². The van der Waals surface area contributed by atoms with Crippen LogP contribution in [-0.4, -0.2) is 59.2 Å². The first kappa shape index (κ1) is 15.7. The number of methoxy groups -OCH3 is 2. The van der Waals surface area contributed by atoms with Gasteiger partial charge in [0.2, 0.25) is 10.0 Å². The summed E-state index contributed by atoms with van der Waals surface area (Å²) in [6.45, 7) is 1.23. The Hall–Kier alpha value is -1.64. The molecule has 1 aromatic carbocycles. The lowest BCUT2D eigenvalue weighted by Gasteiger charge is -2.26. The van der Waals surface area contributed by atoms with Crippen LogP contribution in [0.15, 0.2) is 23.1 Å². The average molecular weight is 315 g/mol. The predicted molar refractivity (Wildman–Crippen MR) is 73.9 cm³/mol. The van der Waals surface area contributed by atoms with Gasteiger partial charge in [0.25, 0.3) is 0 Å². The van der Waals surface area contributed by atoms with Crippen LogP contribution >= 0.6 is 0 Å². The van der Waals surface area contributed by atoms with Crippen molar-refractivity contribution in [1.29, 1.82) is 0 Å². The lowest BCUT2D eigenvalue weighted by atomic mass is 10.2. The van der Waals surface area contributed by atoms with Crippen molar-refractivity contribution in [3.8, 4) is 5.75 Å². The molecule has 1 aromatic rings. The smallest absolute Gasteiger partial charge is 0.337 e. The highest BCUT2D eigenvalue weighted by Gasteiger charge is 2.30. The van der Waals surface area contributed by atoms with Crippen LogP contribution in [0.2, 0.25) is 0 Å². The molecule has 7 nitrogen and oxygen atoms in total. The van der Waals surface area contributed by atoms with E-state index >= 15 is 0 Å². The summed E-state index contributed by atoms with van der Waals surface area (Å²) in [6, 6.07) is 4.18. The molecule has 0 aromatic heterocycles. The maximum Gasteiger partial charge on any atom is 0.337 e. The Morgan fingerprint density at radius 1 is 1.24 bits per heavy atom. The van der Waals surface area contributed by atoms with Gasteiger partial charge in [-0.05, 0) is 18.2 Å². The fourth-order valence-corrected chi connectivity index (χ4v) is 3.64. The van der Waals surface area contributed by atoms with Gasteiger partial charge >= 0.3 is 5.97 Å². The first-order valence-electron chi connectivity index (χ1n) is 6.35. The fourth-order valence-electron chi connectivity index (χ4n) is 2.05. The maximum atomic E-state index is 12.7. The second-order valence-electron chi connectivity index (χ2n) is 4.37. The number of hydrogen-bond acceptors (Lipinski definition) is 6. The Labute approximate surface area is 123 Å². The summed E-state index contributed by atoms with van der Waals surface area (Å²) < 4.78 is 41.5. The number of ether oxygens (including phenoxy) is 3. The van der Waals surface area contributed by atoms with Crippen molar-refractivity contribution in [2.24, 2.45) is 0 Å². The molecule has 2 rings (SSSR count). The number of carbonyl (C=O) groups excluding carboxylic acids is 1.